The molecule has 0 radical (unpaired) electrons. The molecule has 1 aromatic heterocycles. The molecule has 2 aromatic carbocycles. The number of nitrogens with zero attached hydrogens (tertiary/aromatic N) is 2. The van der Waals surface area contributed by atoms with Gasteiger partial charge in [0.1, 0.15) is 5.82 Å². The number of rotatable bonds is 4. The number of carbonyl (C=O) groups is 1. The first-order valence-electron chi connectivity index (χ1n) is 8.06. The topological polar surface area (TPSA) is 104 Å². The first-order valence-corrected chi connectivity index (χ1v) is 9.50. The van der Waals surface area contributed by atoms with Crippen molar-refractivity contribution in [2.45, 2.75) is 18.0 Å². The van der Waals surface area contributed by atoms with Crippen molar-refractivity contribution in [2.75, 3.05) is 5.73 Å². The van der Waals surface area contributed by atoms with Crippen LogP contribution in [0.1, 0.15) is 21.5 Å². The van der Waals surface area contributed by atoms with Gasteiger partial charge in [0.05, 0.1) is 16.0 Å². The van der Waals surface area contributed by atoms with E-state index in [-0.39, 0.29) is 17.3 Å². The molecule has 0 spiro atoms. The highest BCUT2D eigenvalue weighted by Crippen LogP contribution is 2.30. The van der Waals surface area contributed by atoms with Gasteiger partial charge in [-0.25, -0.2) is 4.79 Å². The fraction of sp³-hybridized carbons (Fsp3) is 0.111. The minimum Gasteiger partial charge on any atom is -0.402 e. The summed E-state index contributed by atoms with van der Waals surface area (Å²) < 4.78 is 68.6. The van der Waals surface area contributed by atoms with Crippen molar-refractivity contribution in [1.29, 1.82) is 0 Å². The Balaban J connectivity index is 1.87. The predicted octanol–water partition coefficient (Wildman–Crippen LogP) is 3.25. The molecular weight excluding hydrogens is 411 g/mol. The van der Waals surface area contributed by atoms with Crippen molar-refractivity contribution >= 4 is 21.8 Å². The third kappa shape index (κ3) is 4.24. The number of halogens is 3. The van der Waals surface area contributed by atoms with E-state index in [2.05, 4.69) is 5.10 Å². The molecule has 0 saturated carbocycles. The number of carbonyl (C=O) groups excluding carboxylic acids is 1. The molecule has 0 fully saturated rings. The summed E-state index contributed by atoms with van der Waals surface area (Å²) in [5.41, 5.74) is 5.79. The van der Waals surface area contributed by atoms with E-state index in [0.717, 1.165) is 23.8 Å². The Morgan fingerprint density at radius 3 is 2.21 bits per heavy atom. The number of aryl methyl sites for hydroxylation is 1. The summed E-state index contributed by atoms with van der Waals surface area (Å²) >= 11 is 0. The van der Waals surface area contributed by atoms with Crippen molar-refractivity contribution in [2.24, 2.45) is 0 Å². The van der Waals surface area contributed by atoms with Crippen molar-refractivity contribution < 1.29 is 31.1 Å². The molecule has 0 saturated heterocycles. The molecule has 0 amide bonds. The molecule has 29 heavy (non-hydrogen) atoms. The van der Waals surface area contributed by atoms with Gasteiger partial charge in [0.25, 0.3) is 10.0 Å². The van der Waals surface area contributed by atoms with Crippen molar-refractivity contribution in [3.05, 3.63) is 71.3 Å². The second kappa shape index (κ2) is 7.24. The van der Waals surface area contributed by atoms with Crippen LogP contribution in [0.2, 0.25) is 0 Å². The molecule has 0 unspecified atom stereocenters. The highest BCUT2D eigenvalue weighted by Gasteiger charge is 2.31. The summed E-state index contributed by atoms with van der Waals surface area (Å²) in [7, 11) is -4.40. The lowest BCUT2D eigenvalue weighted by molar-refractivity contribution is -0.137. The predicted molar refractivity (Wildman–Crippen MR) is 96.8 cm³/mol. The van der Waals surface area contributed by atoms with Crippen LogP contribution in [0.5, 0.6) is 5.88 Å². The number of alkyl halides is 3. The van der Waals surface area contributed by atoms with E-state index in [0.29, 0.717) is 16.2 Å². The largest absolute Gasteiger partial charge is 0.416 e. The third-order valence-electron chi connectivity index (χ3n) is 3.87. The Morgan fingerprint density at radius 2 is 1.66 bits per heavy atom. The molecule has 0 atom stereocenters. The van der Waals surface area contributed by atoms with Crippen LogP contribution in [0.15, 0.2) is 59.5 Å². The highest BCUT2D eigenvalue weighted by molar-refractivity contribution is 7.90. The fourth-order valence-electron chi connectivity index (χ4n) is 2.36. The van der Waals surface area contributed by atoms with E-state index in [4.69, 9.17) is 10.5 Å². The molecule has 0 aliphatic heterocycles. The van der Waals surface area contributed by atoms with Gasteiger partial charge in [0.2, 0.25) is 5.88 Å². The average molecular weight is 425 g/mol. The van der Waals surface area contributed by atoms with Gasteiger partial charge < -0.3 is 10.5 Å². The van der Waals surface area contributed by atoms with Gasteiger partial charge in [-0.15, -0.1) is 9.19 Å². The highest BCUT2D eigenvalue weighted by atomic mass is 32.2. The number of nitrogens with two attached hydrogens (primary N) is 1. The van der Waals surface area contributed by atoms with E-state index in [1.54, 1.807) is 12.1 Å². The fourth-order valence-corrected chi connectivity index (χ4v) is 3.56. The Kier molecular flexibility index (Phi) is 5.09. The third-order valence-corrected chi connectivity index (χ3v) is 5.49. The number of esters is 1. The number of hydrogen-bond acceptors (Lipinski definition) is 6. The van der Waals surface area contributed by atoms with Gasteiger partial charge in [-0.1, -0.05) is 17.7 Å². The normalized spacial score (nSPS) is 12.0. The minimum absolute atomic E-state index is 0.217. The summed E-state index contributed by atoms with van der Waals surface area (Å²) in [4.78, 5) is 11.7. The number of anilines is 1. The molecule has 1 heterocycles. The zero-order valence-electron chi connectivity index (χ0n) is 14.8. The molecule has 7 nitrogen and oxygen atoms in total. The van der Waals surface area contributed by atoms with Crippen molar-refractivity contribution in [3.8, 4) is 5.88 Å². The van der Waals surface area contributed by atoms with Crippen LogP contribution < -0.4 is 10.5 Å². The number of nitrogen functional groups attached to an aromatic ring is 1. The molecule has 11 heteroatoms. The molecule has 0 aliphatic rings. The lowest BCUT2D eigenvalue weighted by atomic mass is 10.1. The van der Waals surface area contributed by atoms with E-state index in [9.17, 15) is 26.4 Å². The number of hydrogen-bond donors (Lipinski definition) is 1. The van der Waals surface area contributed by atoms with Gasteiger partial charge in [-0.2, -0.15) is 21.6 Å². The van der Waals surface area contributed by atoms with Gasteiger partial charge in [-0.3, -0.25) is 0 Å². The Morgan fingerprint density at radius 1 is 1.07 bits per heavy atom. The lowest BCUT2D eigenvalue weighted by Gasteiger charge is -2.09. The van der Waals surface area contributed by atoms with Gasteiger partial charge in [-0.05, 0) is 43.3 Å². The molecule has 152 valence electrons. The maximum atomic E-state index is 12.7. The zero-order valence-corrected chi connectivity index (χ0v) is 15.7. The second-order valence-electron chi connectivity index (χ2n) is 6.03. The van der Waals surface area contributed by atoms with Crippen LogP contribution in [-0.4, -0.2) is 23.6 Å². The quantitative estimate of drug-likeness (QED) is 0.644. The first kappa shape index (κ1) is 20.4. The van der Waals surface area contributed by atoms with Crippen LogP contribution in [0.3, 0.4) is 0 Å². The SMILES string of the molecule is Cc1ccc(C(=O)Oc2cc(N)n(S(=O)(=O)c3ccc(C(F)(F)F)cc3)n2)cc1. The van der Waals surface area contributed by atoms with Crippen LogP contribution in [0.4, 0.5) is 19.0 Å². The molecular formula is C18H14F3N3O4S. The maximum Gasteiger partial charge on any atom is 0.416 e. The van der Waals surface area contributed by atoms with E-state index >= 15 is 0 Å². The van der Waals surface area contributed by atoms with Crippen LogP contribution >= 0.6 is 0 Å². The standard InChI is InChI=1S/C18H14F3N3O4S/c1-11-2-4-12(5-3-11)17(25)28-16-10-15(22)24(23-16)29(26,27)14-8-6-13(7-9-14)18(19,20)21/h2-10H,22H2,1H3. The number of benzene rings is 2. The average Bonchev–Trinajstić information content (AvgIpc) is 3.02. The number of ether oxygens (including phenoxy) is 1. The minimum atomic E-state index is -4.61. The van der Waals surface area contributed by atoms with Gasteiger partial charge in [0, 0.05) is 6.07 Å². The molecule has 3 aromatic rings. The summed E-state index contributed by atoms with van der Waals surface area (Å²) in [6, 6.07) is 10.3. The monoisotopic (exact) mass is 425 g/mol. The molecule has 0 bridgehead atoms. The van der Waals surface area contributed by atoms with E-state index < -0.39 is 32.6 Å². The molecule has 2 N–H and O–H groups in total. The summed E-state index contributed by atoms with van der Waals surface area (Å²) in [6.07, 6.45) is -4.61. The summed E-state index contributed by atoms with van der Waals surface area (Å²) in [5, 5.41) is 3.65. The van der Waals surface area contributed by atoms with Gasteiger partial charge >= 0.3 is 12.1 Å². The Hall–Kier alpha value is -3.34. The first-order chi connectivity index (χ1) is 13.5. The molecule has 0 aliphatic carbocycles. The zero-order chi connectivity index (χ0) is 21.4. The van der Waals surface area contributed by atoms with Crippen LogP contribution in [0.25, 0.3) is 0 Å². The smallest absolute Gasteiger partial charge is 0.402 e. The summed E-state index contributed by atoms with van der Waals surface area (Å²) in [6.45, 7) is 1.84. The summed E-state index contributed by atoms with van der Waals surface area (Å²) in [5.74, 6) is -1.53. The van der Waals surface area contributed by atoms with Gasteiger partial charge in [0.15, 0.2) is 0 Å². The lowest BCUT2D eigenvalue weighted by Crippen LogP contribution is -2.17. The van der Waals surface area contributed by atoms with Crippen LogP contribution in [0, 0.1) is 6.92 Å². The maximum absolute atomic E-state index is 12.7. The van der Waals surface area contributed by atoms with Crippen molar-refractivity contribution in [1.82, 2.24) is 9.19 Å². The number of aromatic nitrogens is 2. The molecule has 3 rings (SSSR count). The van der Waals surface area contributed by atoms with E-state index in [1.807, 2.05) is 6.92 Å². The van der Waals surface area contributed by atoms with Crippen LogP contribution in [-0.2, 0) is 16.2 Å². The Labute approximate surface area is 163 Å². The van der Waals surface area contributed by atoms with Crippen molar-refractivity contribution in [3.63, 3.8) is 0 Å². The second-order valence-corrected chi connectivity index (χ2v) is 7.80. The van der Waals surface area contributed by atoms with E-state index in [1.165, 1.54) is 12.1 Å². The Bertz CT molecular complexity index is 1150.